The average molecular weight is 189 g/mol. The molecule has 0 saturated heterocycles. The number of hydrogen-bond acceptors (Lipinski definition) is 4. The van der Waals surface area contributed by atoms with Crippen LogP contribution in [0.2, 0.25) is 0 Å². The molecule has 2 aromatic rings. The molecule has 0 unspecified atom stereocenters. The van der Waals surface area contributed by atoms with Crippen molar-refractivity contribution in [2.75, 3.05) is 0 Å². The summed E-state index contributed by atoms with van der Waals surface area (Å²) in [5, 5.41) is 4.11. The summed E-state index contributed by atoms with van der Waals surface area (Å²) >= 11 is 0. The monoisotopic (exact) mass is 189 g/mol. The van der Waals surface area contributed by atoms with Crippen LogP contribution < -0.4 is 5.73 Å². The van der Waals surface area contributed by atoms with Crippen molar-refractivity contribution in [3.05, 3.63) is 35.9 Å². The van der Waals surface area contributed by atoms with E-state index < -0.39 is 0 Å². The molecule has 5 heteroatoms. The van der Waals surface area contributed by atoms with Crippen molar-refractivity contribution in [3.63, 3.8) is 0 Å². The van der Waals surface area contributed by atoms with Crippen LogP contribution in [0.1, 0.15) is 11.3 Å². The zero-order valence-electron chi connectivity index (χ0n) is 7.88. The van der Waals surface area contributed by atoms with E-state index in [0.717, 1.165) is 11.3 Å². The van der Waals surface area contributed by atoms with Crippen LogP contribution in [0.3, 0.4) is 0 Å². The van der Waals surface area contributed by atoms with E-state index in [-0.39, 0.29) is 0 Å². The van der Waals surface area contributed by atoms with Gasteiger partial charge in [0, 0.05) is 18.9 Å². The summed E-state index contributed by atoms with van der Waals surface area (Å²) in [6, 6.07) is 1.79. The first-order valence-electron chi connectivity index (χ1n) is 4.33. The van der Waals surface area contributed by atoms with Gasteiger partial charge in [-0.3, -0.25) is 0 Å². The van der Waals surface area contributed by atoms with Crippen molar-refractivity contribution >= 4 is 0 Å². The Morgan fingerprint density at radius 3 is 3.00 bits per heavy atom. The standard InChI is InChI=1S/C9H11N5/c1-7-5-12-14(6-7)9-11-3-2-8(4-10)13-9/h2-3,5-6H,4,10H2,1H3. The quantitative estimate of drug-likeness (QED) is 0.743. The van der Waals surface area contributed by atoms with Crippen molar-refractivity contribution in [1.82, 2.24) is 19.7 Å². The van der Waals surface area contributed by atoms with Gasteiger partial charge in [-0.1, -0.05) is 0 Å². The molecule has 0 spiro atoms. The minimum absolute atomic E-state index is 0.412. The fourth-order valence-electron chi connectivity index (χ4n) is 1.13. The van der Waals surface area contributed by atoms with E-state index in [9.17, 15) is 0 Å². The summed E-state index contributed by atoms with van der Waals surface area (Å²) in [6.07, 6.45) is 5.32. The fraction of sp³-hybridized carbons (Fsp3) is 0.222. The van der Waals surface area contributed by atoms with E-state index in [4.69, 9.17) is 5.73 Å². The zero-order chi connectivity index (χ0) is 9.97. The van der Waals surface area contributed by atoms with Gasteiger partial charge in [-0.05, 0) is 18.6 Å². The second-order valence-corrected chi connectivity index (χ2v) is 3.01. The summed E-state index contributed by atoms with van der Waals surface area (Å²) in [4.78, 5) is 8.34. The third-order valence-corrected chi connectivity index (χ3v) is 1.83. The van der Waals surface area contributed by atoms with Gasteiger partial charge in [-0.25, -0.2) is 14.6 Å². The Hall–Kier alpha value is -1.75. The molecular formula is C9H11N5. The van der Waals surface area contributed by atoms with Gasteiger partial charge in [-0.15, -0.1) is 0 Å². The predicted octanol–water partition coefficient (Wildman–Crippen LogP) is 0.429. The summed E-state index contributed by atoms with van der Waals surface area (Å²) in [6.45, 7) is 2.38. The lowest BCUT2D eigenvalue weighted by molar-refractivity contribution is 0.790. The molecule has 0 amide bonds. The highest BCUT2D eigenvalue weighted by Gasteiger charge is 2.01. The highest BCUT2D eigenvalue weighted by Crippen LogP contribution is 2.02. The van der Waals surface area contributed by atoms with Gasteiger partial charge in [0.1, 0.15) is 0 Å². The number of aromatic nitrogens is 4. The number of aryl methyl sites for hydroxylation is 1. The van der Waals surface area contributed by atoms with Gasteiger partial charge in [0.05, 0.1) is 11.9 Å². The van der Waals surface area contributed by atoms with E-state index in [0.29, 0.717) is 12.5 Å². The SMILES string of the molecule is Cc1cnn(-c2nccc(CN)n2)c1. The van der Waals surface area contributed by atoms with Crippen LogP contribution in [0.5, 0.6) is 0 Å². The second-order valence-electron chi connectivity index (χ2n) is 3.01. The largest absolute Gasteiger partial charge is 0.325 e. The van der Waals surface area contributed by atoms with E-state index in [2.05, 4.69) is 15.1 Å². The maximum atomic E-state index is 5.48. The number of rotatable bonds is 2. The first kappa shape index (κ1) is 8.83. The lowest BCUT2D eigenvalue weighted by Gasteiger charge is -2.00. The van der Waals surface area contributed by atoms with Crippen LogP contribution >= 0.6 is 0 Å². The van der Waals surface area contributed by atoms with Crippen molar-refractivity contribution < 1.29 is 0 Å². The molecule has 0 saturated carbocycles. The minimum Gasteiger partial charge on any atom is -0.325 e. The molecule has 0 aliphatic heterocycles. The van der Waals surface area contributed by atoms with E-state index in [1.54, 1.807) is 23.1 Å². The van der Waals surface area contributed by atoms with Gasteiger partial charge >= 0.3 is 0 Å². The van der Waals surface area contributed by atoms with Crippen LogP contribution in [0.25, 0.3) is 5.95 Å². The van der Waals surface area contributed by atoms with Crippen molar-refractivity contribution in [2.45, 2.75) is 13.5 Å². The fourth-order valence-corrected chi connectivity index (χ4v) is 1.13. The van der Waals surface area contributed by atoms with E-state index in [1.807, 2.05) is 13.1 Å². The van der Waals surface area contributed by atoms with Crippen LogP contribution in [0.15, 0.2) is 24.7 Å². The molecule has 0 aliphatic rings. The Morgan fingerprint density at radius 2 is 2.36 bits per heavy atom. The molecule has 5 nitrogen and oxygen atoms in total. The highest BCUT2D eigenvalue weighted by atomic mass is 15.3. The molecule has 2 heterocycles. The topological polar surface area (TPSA) is 69.6 Å². The summed E-state index contributed by atoms with van der Waals surface area (Å²) in [5.41, 5.74) is 7.37. The third kappa shape index (κ3) is 1.62. The molecule has 0 fully saturated rings. The molecule has 2 aromatic heterocycles. The van der Waals surface area contributed by atoms with E-state index >= 15 is 0 Å². The molecule has 0 atom stereocenters. The van der Waals surface area contributed by atoms with Crippen molar-refractivity contribution in [2.24, 2.45) is 5.73 Å². The lowest BCUT2D eigenvalue weighted by Crippen LogP contribution is -2.06. The van der Waals surface area contributed by atoms with Crippen molar-refractivity contribution in [3.8, 4) is 5.95 Å². The third-order valence-electron chi connectivity index (χ3n) is 1.83. The van der Waals surface area contributed by atoms with Crippen molar-refractivity contribution in [1.29, 1.82) is 0 Å². The summed E-state index contributed by atoms with van der Waals surface area (Å²) < 4.78 is 1.63. The Bertz CT molecular complexity index is 434. The van der Waals surface area contributed by atoms with Crippen LogP contribution in [0, 0.1) is 6.92 Å². The molecule has 2 rings (SSSR count). The Kier molecular flexibility index (Phi) is 2.24. The minimum atomic E-state index is 0.412. The average Bonchev–Trinajstić information content (AvgIpc) is 2.65. The first-order chi connectivity index (χ1) is 6.79. The van der Waals surface area contributed by atoms with Crippen LogP contribution in [0.4, 0.5) is 0 Å². The van der Waals surface area contributed by atoms with Gasteiger partial charge < -0.3 is 5.73 Å². The van der Waals surface area contributed by atoms with Gasteiger partial charge in [-0.2, -0.15) is 5.10 Å². The molecule has 0 aromatic carbocycles. The first-order valence-corrected chi connectivity index (χ1v) is 4.33. The second kappa shape index (κ2) is 3.55. The predicted molar refractivity (Wildman–Crippen MR) is 51.8 cm³/mol. The van der Waals surface area contributed by atoms with E-state index in [1.165, 1.54) is 0 Å². The lowest BCUT2D eigenvalue weighted by atomic mass is 10.4. The summed E-state index contributed by atoms with van der Waals surface area (Å²) in [5.74, 6) is 0.557. The molecule has 0 aliphatic carbocycles. The number of nitrogens with two attached hydrogens (primary N) is 1. The molecule has 72 valence electrons. The van der Waals surface area contributed by atoms with Gasteiger partial charge in [0.15, 0.2) is 0 Å². The summed E-state index contributed by atoms with van der Waals surface area (Å²) in [7, 11) is 0. The van der Waals surface area contributed by atoms with Gasteiger partial charge in [0.2, 0.25) is 0 Å². The maximum absolute atomic E-state index is 5.48. The smallest absolute Gasteiger partial charge is 0.250 e. The molecule has 2 N–H and O–H groups in total. The maximum Gasteiger partial charge on any atom is 0.250 e. The van der Waals surface area contributed by atoms with Gasteiger partial charge in [0.25, 0.3) is 5.95 Å². The Balaban J connectivity index is 2.41. The molecule has 0 bridgehead atoms. The normalized spacial score (nSPS) is 10.4. The number of hydrogen-bond donors (Lipinski definition) is 1. The zero-order valence-corrected chi connectivity index (χ0v) is 7.88. The van der Waals surface area contributed by atoms with Crippen LogP contribution in [-0.4, -0.2) is 19.7 Å². The Labute approximate surface area is 81.6 Å². The molecular weight excluding hydrogens is 178 g/mol. The molecule has 0 radical (unpaired) electrons. The molecule has 14 heavy (non-hydrogen) atoms. The van der Waals surface area contributed by atoms with Crippen LogP contribution in [-0.2, 0) is 6.54 Å². The Morgan fingerprint density at radius 1 is 1.50 bits per heavy atom. The number of nitrogens with zero attached hydrogens (tertiary/aromatic N) is 4. The highest BCUT2D eigenvalue weighted by molar-refractivity contribution is 5.15.